The van der Waals surface area contributed by atoms with Crippen LogP contribution >= 0.6 is 0 Å². The topological polar surface area (TPSA) is 66.4 Å². The summed E-state index contributed by atoms with van der Waals surface area (Å²) in [6.45, 7) is 0. The maximum atomic E-state index is 13.6. The highest BCUT2D eigenvalue weighted by atomic mass is 19.4. The first-order chi connectivity index (χ1) is 12.6. The minimum atomic E-state index is -4.59. The predicted octanol–water partition coefficient (Wildman–Crippen LogP) is 3.34. The third-order valence-corrected chi connectivity index (χ3v) is 3.69. The first kappa shape index (κ1) is 20.3. The van der Waals surface area contributed by atoms with Crippen LogP contribution in [0, 0.1) is 11.6 Å². The van der Waals surface area contributed by atoms with Gasteiger partial charge >= 0.3 is 12.1 Å². The highest BCUT2D eigenvalue weighted by Crippen LogP contribution is 2.29. The predicted molar refractivity (Wildman–Crippen MR) is 84.8 cm³/mol. The van der Waals surface area contributed by atoms with Gasteiger partial charge in [0.25, 0.3) is 0 Å². The van der Waals surface area contributed by atoms with Crippen molar-refractivity contribution in [1.82, 2.24) is 5.32 Å². The van der Waals surface area contributed by atoms with Gasteiger partial charge < -0.3 is 10.4 Å². The number of hydrogen-bond donors (Lipinski definition) is 2. The lowest BCUT2D eigenvalue weighted by molar-refractivity contribution is -0.141. The van der Waals surface area contributed by atoms with Gasteiger partial charge in [-0.2, -0.15) is 13.2 Å². The fourth-order valence-electron chi connectivity index (χ4n) is 2.39. The first-order valence-electron chi connectivity index (χ1n) is 7.68. The smallest absolute Gasteiger partial charge is 0.416 e. The van der Waals surface area contributed by atoms with Crippen LogP contribution in [-0.2, 0) is 28.6 Å². The van der Waals surface area contributed by atoms with E-state index in [-0.39, 0.29) is 11.1 Å². The lowest BCUT2D eigenvalue weighted by Gasteiger charge is -2.16. The molecular formula is C18H14F5NO3. The normalized spacial score (nSPS) is 12.5. The lowest BCUT2D eigenvalue weighted by Crippen LogP contribution is -2.43. The van der Waals surface area contributed by atoms with Crippen molar-refractivity contribution in [3.05, 3.63) is 70.8 Å². The highest BCUT2D eigenvalue weighted by molar-refractivity contribution is 5.85. The Hall–Kier alpha value is -2.97. The summed E-state index contributed by atoms with van der Waals surface area (Å²) in [4.78, 5) is 23.3. The number of hydrogen-bond acceptors (Lipinski definition) is 2. The van der Waals surface area contributed by atoms with Crippen molar-refractivity contribution in [2.45, 2.75) is 25.1 Å². The van der Waals surface area contributed by atoms with Gasteiger partial charge in [-0.05, 0) is 23.3 Å². The van der Waals surface area contributed by atoms with Crippen molar-refractivity contribution < 1.29 is 36.6 Å². The molecule has 0 unspecified atom stereocenters. The zero-order chi connectivity index (χ0) is 20.2. The van der Waals surface area contributed by atoms with Crippen LogP contribution in [-0.4, -0.2) is 23.0 Å². The van der Waals surface area contributed by atoms with E-state index in [2.05, 4.69) is 5.32 Å². The molecule has 0 saturated heterocycles. The monoisotopic (exact) mass is 387 g/mol. The van der Waals surface area contributed by atoms with Crippen LogP contribution in [0.15, 0.2) is 42.5 Å². The van der Waals surface area contributed by atoms with Gasteiger partial charge in [-0.15, -0.1) is 0 Å². The molecule has 1 atom stereocenters. The Balaban J connectivity index is 2.09. The van der Waals surface area contributed by atoms with Gasteiger partial charge in [0, 0.05) is 12.5 Å². The van der Waals surface area contributed by atoms with E-state index in [4.69, 9.17) is 0 Å². The molecule has 1 amide bonds. The number of carboxylic acids is 1. The second-order valence-corrected chi connectivity index (χ2v) is 5.77. The molecule has 0 radical (unpaired) electrons. The summed E-state index contributed by atoms with van der Waals surface area (Å²) >= 11 is 0. The summed E-state index contributed by atoms with van der Waals surface area (Å²) < 4.78 is 64.6. The van der Waals surface area contributed by atoms with Gasteiger partial charge in [-0.25, -0.2) is 13.6 Å². The molecule has 0 spiro atoms. The number of aliphatic carboxylic acids is 1. The van der Waals surface area contributed by atoms with Gasteiger partial charge in [0.05, 0.1) is 12.0 Å². The number of carbonyl (C=O) groups excluding carboxylic acids is 1. The van der Waals surface area contributed by atoms with Crippen molar-refractivity contribution >= 4 is 11.9 Å². The van der Waals surface area contributed by atoms with Crippen LogP contribution in [0.25, 0.3) is 0 Å². The Bertz CT molecular complexity index is 851. The molecule has 144 valence electrons. The van der Waals surface area contributed by atoms with Gasteiger partial charge in [-0.1, -0.05) is 24.3 Å². The van der Waals surface area contributed by atoms with E-state index in [1.165, 1.54) is 6.07 Å². The molecule has 4 nitrogen and oxygen atoms in total. The largest absolute Gasteiger partial charge is 0.480 e. The summed E-state index contributed by atoms with van der Waals surface area (Å²) in [5.41, 5.74) is -1.02. The van der Waals surface area contributed by atoms with Crippen LogP contribution in [0.2, 0.25) is 0 Å². The second kappa shape index (κ2) is 8.15. The van der Waals surface area contributed by atoms with Crippen molar-refractivity contribution in [3.8, 4) is 0 Å². The summed E-state index contributed by atoms with van der Waals surface area (Å²) in [5, 5.41) is 11.3. The fraction of sp³-hybridized carbons (Fsp3) is 0.222. The number of alkyl halides is 3. The van der Waals surface area contributed by atoms with Gasteiger partial charge in [0.2, 0.25) is 5.91 Å². The molecule has 2 aromatic rings. The number of rotatable bonds is 6. The van der Waals surface area contributed by atoms with E-state index >= 15 is 0 Å². The van der Waals surface area contributed by atoms with Crippen molar-refractivity contribution in [2.24, 2.45) is 0 Å². The summed E-state index contributed by atoms with van der Waals surface area (Å²) in [6.07, 6.45) is -5.52. The van der Waals surface area contributed by atoms with Crippen LogP contribution in [0.1, 0.15) is 16.7 Å². The lowest BCUT2D eigenvalue weighted by atomic mass is 10.0. The average molecular weight is 387 g/mol. The molecule has 0 saturated carbocycles. The maximum absolute atomic E-state index is 13.6. The Kier molecular flexibility index (Phi) is 6.14. The fourth-order valence-corrected chi connectivity index (χ4v) is 2.39. The van der Waals surface area contributed by atoms with Crippen molar-refractivity contribution in [1.29, 1.82) is 0 Å². The summed E-state index contributed by atoms with van der Waals surface area (Å²) in [7, 11) is 0. The number of nitrogens with one attached hydrogen (secondary N) is 1. The standard InChI is InChI=1S/C18H14F5NO3/c19-13-5-4-11(14(20)9-13)8-16(25)24-15(17(26)27)7-10-2-1-3-12(6-10)18(21,22)23/h1-6,9,15H,7-8H2,(H,24,25)(H,26,27)/t15-/m1/s1. The number of carbonyl (C=O) groups is 2. The van der Waals surface area contributed by atoms with Crippen molar-refractivity contribution in [2.75, 3.05) is 0 Å². The molecular weight excluding hydrogens is 373 g/mol. The van der Waals surface area contributed by atoms with Gasteiger partial charge in [-0.3, -0.25) is 4.79 Å². The highest BCUT2D eigenvalue weighted by Gasteiger charge is 2.31. The number of halogens is 5. The summed E-state index contributed by atoms with van der Waals surface area (Å²) in [6, 6.07) is 5.14. The molecule has 0 heterocycles. The van der Waals surface area contributed by atoms with E-state index < -0.39 is 54.1 Å². The maximum Gasteiger partial charge on any atom is 0.416 e. The molecule has 0 bridgehead atoms. The molecule has 2 N–H and O–H groups in total. The third-order valence-electron chi connectivity index (χ3n) is 3.69. The first-order valence-corrected chi connectivity index (χ1v) is 7.68. The van der Waals surface area contributed by atoms with Crippen LogP contribution in [0.3, 0.4) is 0 Å². The molecule has 0 aliphatic rings. The molecule has 9 heteroatoms. The number of carboxylic acid groups (broad SMARTS) is 1. The second-order valence-electron chi connectivity index (χ2n) is 5.77. The third kappa shape index (κ3) is 5.77. The summed E-state index contributed by atoms with van der Waals surface area (Å²) in [5.74, 6) is -4.11. The zero-order valence-electron chi connectivity index (χ0n) is 13.7. The van der Waals surface area contributed by atoms with Crippen LogP contribution in [0.5, 0.6) is 0 Å². The number of amides is 1. The molecule has 2 rings (SSSR count). The molecule has 27 heavy (non-hydrogen) atoms. The Morgan fingerprint density at radius 3 is 2.37 bits per heavy atom. The zero-order valence-corrected chi connectivity index (χ0v) is 13.7. The molecule has 0 fully saturated rings. The number of benzene rings is 2. The quantitative estimate of drug-likeness (QED) is 0.748. The minimum Gasteiger partial charge on any atom is -0.480 e. The Morgan fingerprint density at radius 1 is 1.07 bits per heavy atom. The van der Waals surface area contributed by atoms with E-state index in [0.717, 1.165) is 30.3 Å². The van der Waals surface area contributed by atoms with Crippen molar-refractivity contribution in [3.63, 3.8) is 0 Å². The molecule has 0 aromatic heterocycles. The van der Waals surface area contributed by atoms with Crippen LogP contribution in [0.4, 0.5) is 22.0 Å². The minimum absolute atomic E-state index is 0.0606. The Labute approximate surface area is 150 Å². The van der Waals surface area contributed by atoms with E-state index in [1.54, 1.807) is 0 Å². The van der Waals surface area contributed by atoms with Gasteiger partial charge in [0.15, 0.2) is 0 Å². The molecule has 2 aromatic carbocycles. The molecule has 0 aliphatic heterocycles. The Morgan fingerprint density at radius 2 is 1.78 bits per heavy atom. The average Bonchev–Trinajstić information content (AvgIpc) is 2.56. The van der Waals surface area contributed by atoms with E-state index in [0.29, 0.717) is 6.07 Å². The van der Waals surface area contributed by atoms with E-state index in [9.17, 15) is 36.6 Å². The van der Waals surface area contributed by atoms with Gasteiger partial charge in [0.1, 0.15) is 17.7 Å². The van der Waals surface area contributed by atoms with E-state index in [1.807, 2.05) is 0 Å². The SMILES string of the molecule is O=C(Cc1ccc(F)cc1F)N[C@H](Cc1cccc(C(F)(F)F)c1)C(=O)O. The van der Waals surface area contributed by atoms with Crippen LogP contribution < -0.4 is 5.32 Å². The molecule has 0 aliphatic carbocycles.